The third-order valence-corrected chi connectivity index (χ3v) is 5.35. The first-order valence-electron chi connectivity index (χ1n) is 9.47. The molecule has 0 aliphatic heterocycles. The number of hydrogen-bond donors (Lipinski definition) is 1. The zero-order chi connectivity index (χ0) is 21.4. The number of fused-ring (bicyclic) bond motifs is 2. The molecule has 31 heavy (non-hydrogen) atoms. The Labute approximate surface area is 181 Å². The van der Waals surface area contributed by atoms with Gasteiger partial charge in [-0.05, 0) is 49.1 Å². The number of thioether (sulfide) groups is 1. The molecule has 10 heteroatoms. The van der Waals surface area contributed by atoms with Gasteiger partial charge >= 0.3 is 0 Å². The molecule has 0 spiro atoms. The van der Waals surface area contributed by atoms with E-state index in [-0.39, 0.29) is 0 Å². The Morgan fingerprint density at radius 2 is 1.94 bits per heavy atom. The number of nitrogens with one attached hydrogen (secondary N) is 1. The molecule has 154 valence electrons. The van der Waals surface area contributed by atoms with E-state index in [9.17, 15) is 0 Å². The fourth-order valence-electron chi connectivity index (χ4n) is 3.22. The van der Waals surface area contributed by atoms with Crippen LogP contribution in [-0.2, 0) is 7.05 Å². The van der Waals surface area contributed by atoms with Crippen molar-refractivity contribution in [2.24, 2.45) is 7.05 Å². The van der Waals surface area contributed by atoms with Crippen molar-refractivity contribution in [3.05, 3.63) is 54.5 Å². The quantitative estimate of drug-likeness (QED) is 0.323. The topological polar surface area (TPSA) is 104 Å². The molecule has 1 N–H and O–H groups in total. The maximum absolute atomic E-state index is 6.08. The minimum absolute atomic E-state index is 0.629. The van der Waals surface area contributed by atoms with Crippen molar-refractivity contribution in [1.82, 2.24) is 34.9 Å². The van der Waals surface area contributed by atoms with Crippen LogP contribution in [0.5, 0.6) is 11.5 Å². The Kier molecular flexibility index (Phi) is 4.83. The van der Waals surface area contributed by atoms with Crippen molar-refractivity contribution in [2.75, 3.05) is 11.6 Å². The second kappa shape index (κ2) is 7.80. The predicted molar refractivity (Wildman–Crippen MR) is 120 cm³/mol. The van der Waals surface area contributed by atoms with Gasteiger partial charge in [-0.15, -0.1) is 5.10 Å². The summed E-state index contributed by atoms with van der Waals surface area (Å²) in [5, 5.41) is 12.2. The maximum atomic E-state index is 6.08. The van der Waals surface area contributed by atoms with E-state index in [1.54, 1.807) is 10.9 Å². The SMILES string of the molecule is CSc1ncc2ncnc(Nc3ccc(Oc4ccc5c(c4)nnn5C)c(C)c3)c2n1. The van der Waals surface area contributed by atoms with Crippen molar-refractivity contribution in [3.63, 3.8) is 0 Å². The maximum Gasteiger partial charge on any atom is 0.188 e. The second-order valence-electron chi connectivity index (χ2n) is 6.88. The Bertz CT molecular complexity index is 1420. The standard InChI is InChI=1S/C21H18N8OS/c1-12-8-13(25-20-19-16(23-11-24-20)10-22-21(26-19)31-3)4-7-18(12)30-14-5-6-17-15(9-14)27-28-29(17)2/h4-11H,1-3H3,(H,23,24,25). The van der Waals surface area contributed by atoms with Gasteiger partial charge in [-0.25, -0.2) is 24.6 Å². The van der Waals surface area contributed by atoms with Crippen molar-refractivity contribution >= 4 is 45.3 Å². The molecule has 5 aromatic rings. The van der Waals surface area contributed by atoms with Crippen LogP contribution in [0.3, 0.4) is 0 Å². The van der Waals surface area contributed by atoms with Gasteiger partial charge in [-0.3, -0.25) is 0 Å². The summed E-state index contributed by atoms with van der Waals surface area (Å²) in [6.07, 6.45) is 5.14. The minimum atomic E-state index is 0.629. The predicted octanol–water partition coefficient (Wildman–Crippen LogP) is 4.27. The Balaban J connectivity index is 1.41. The molecule has 3 aromatic heterocycles. The molecule has 0 radical (unpaired) electrons. The first kappa shape index (κ1) is 19.2. The van der Waals surface area contributed by atoms with E-state index < -0.39 is 0 Å². The van der Waals surface area contributed by atoms with Crippen molar-refractivity contribution in [3.8, 4) is 11.5 Å². The summed E-state index contributed by atoms with van der Waals surface area (Å²) >= 11 is 1.47. The number of aryl methyl sites for hydroxylation is 2. The number of hydrogen-bond acceptors (Lipinski definition) is 9. The summed E-state index contributed by atoms with van der Waals surface area (Å²) < 4.78 is 7.81. The fourth-order valence-corrected chi connectivity index (χ4v) is 3.56. The molecular formula is C21H18N8OS. The molecule has 0 saturated heterocycles. The van der Waals surface area contributed by atoms with Crippen LogP contribution in [0.2, 0.25) is 0 Å². The first-order valence-corrected chi connectivity index (χ1v) is 10.7. The number of aromatic nitrogens is 7. The Morgan fingerprint density at radius 3 is 2.77 bits per heavy atom. The van der Waals surface area contributed by atoms with E-state index in [4.69, 9.17) is 4.74 Å². The molecular weight excluding hydrogens is 412 g/mol. The van der Waals surface area contributed by atoms with Crippen molar-refractivity contribution < 1.29 is 4.74 Å². The molecule has 9 nitrogen and oxygen atoms in total. The lowest BCUT2D eigenvalue weighted by molar-refractivity contribution is 0.479. The van der Waals surface area contributed by atoms with Crippen LogP contribution in [0.4, 0.5) is 11.5 Å². The molecule has 0 atom stereocenters. The molecule has 5 rings (SSSR count). The molecule has 0 aliphatic rings. The fraction of sp³-hybridized carbons (Fsp3) is 0.143. The van der Waals surface area contributed by atoms with Gasteiger partial charge in [0.05, 0.1) is 11.7 Å². The smallest absolute Gasteiger partial charge is 0.188 e. The number of anilines is 2. The third-order valence-electron chi connectivity index (χ3n) is 4.79. The van der Waals surface area contributed by atoms with Crippen LogP contribution in [0, 0.1) is 6.92 Å². The lowest BCUT2D eigenvalue weighted by atomic mass is 10.2. The van der Waals surface area contributed by atoms with Gasteiger partial charge in [0.25, 0.3) is 0 Å². The number of nitrogens with zero attached hydrogens (tertiary/aromatic N) is 7. The molecule has 0 fully saturated rings. The van der Waals surface area contributed by atoms with Crippen LogP contribution >= 0.6 is 11.8 Å². The highest BCUT2D eigenvalue weighted by Gasteiger charge is 2.10. The van der Waals surface area contributed by atoms with E-state index in [0.29, 0.717) is 27.8 Å². The highest BCUT2D eigenvalue weighted by Crippen LogP contribution is 2.30. The van der Waals surface area contributed by atoms with Gasteiger partial charge in [-0.2, -0.15) is 0 Å². The van der Waals surface area contributed by atoms with Gasteiger partial charge < -0.3 is 10.1 Å². The van der Waals surface area contributed by atoms with Gasteiger partial charge in [0.15, 0.2) is 11.0 Å². The lowest BCUT2D eigenvalue weighted by Crippen LogP contribution is -1.99. The zero-order valence-corrected chi connectivity index (χ0v) is 17.9. The molecule has 2 aromatic carbocycles. The normalized spacial score (nSPS) is 11.2. The number of benzene rings is 2. The summed E-state index contributed by atoms with van der Waals surface area (Å²) in [6, 6.07) is 11.6. The average Bonchev–Trinajstić information content (AvgIpc) is 3.15. The van der Waals surface area contributed by atoms with Crippen molar-refractivity contribution in [1.29, 1.82) is 0 Å². The Morgan fingerprint density at radius 1 is 1.03 bits per heavy atom. The van der Waals surface area contributed by atoms with Gasteiger partial charge in [0.2, 0.25) is 0 Å². The summed E-state index contributed by atoms with van der Waals surface area (Å²) in [5.41, 5.74) is 4.95. The lowest BCUT2D eigenvalue weighted by Gasteiger charge is -2.12. The van der Waals surface area contributed by atoms with Gasteiger partial charge in [0, 0.05) is 18.8 Å². The largest absolute Gasteiger partial charge is 0.457 e. The molecule has 0 amide bonds. The van der Waals surface area contributed by atoms with E-state index in [2.05, 4.69) is 35.6 Å². The summed E-state index contributed by atoms with van der Waals surface area (Å²) in [5.74, 6) is 2.09. The van der Waals surface area contributed by atoms with Crippen LogP contribution in [0.25, 0.3) is 22.1 Å². The summed E-state index contributed by atoms with van der Waals surface area (Å²) in [6.45, 7) is 1.99. The monoisotopic (exact) mass is 430 g/mol. The van der Waals surface area contributed by atoms with Crippen LogP contribution in [0.1, 0.15) is 5.56 Å². The van der Waals surface area contributed by atoms with E-state index in [1.165, 1.54) is 18.1 Å². The number of rotatable bonds is 5. The molecule has 0 bridgehead atoms. The second-order valence-corrected chi connectivity index (χ2v) is 7.66. The van der Waals surface area contributed by atoms with E-state index in [0.717, 1.165) is 28.0 Å². The van der Waals surface area contributed by atoms with Crippen molar-refractivity contribution in [2.45, 2.75) is 12.1 Å². The van der Waals surface area contributed by atoms with E-state index >= 15 is 0 Å². The summed E-state index contributed by atoms with van der Waals surface area (Å²) in [7, 11) is 1.86. The average molecular weight is 430 g/mol. The molecule has 0 aliphatic carbocycles. The van der Waals surface area contributed by atoms with Crippen LogP contribution in [-0.4, -0.2) is 41.2 Å². The van der Waals surface area contributed by atoms with E-state index in [1.807, 2.05) is 56.6 Å². The highest BCUT2D eigenvalue weighted by atomic mass is 32.2. The Hall–Kier alpha value is -3.79. The first-order chi connectivity index (χ1) is 15.1. The van der Waals surface area contributed by atoms with Crippen LogP contribution in [0.15, 0.2) is 54.1 Å². The molecule has 3 heterocycles. The number of ether oxygens (including phenoxy) is 1. The minimum Gasteiger partial charge on any atom is -0.457 e. The third kappa shape index (κ3) is 3.73. The molecule has 0 saturated carbocycles. The van der Waals surface area contributed by atoms with Crippen LogP contribution < -0.4 is 10.1 Å². The van der Waals surface area contributed by atoms with Gasteiger partial charge in [0.1, 0.15) is 34.4 Å². The molecule has 0 unspecified atom stereocenters. The zero-order valence-electron chi connectivity index (χ0n) is 17.1. The highest BCUT2D eigenvalue weighted by molar-refractivity contribution is 7.98. The summed E-state index contributed by atoms with van der Waals surface area (Å²) in [4.78, 5) is 17.4. The van der Waals surface area contributed by atoms with Gasteiger partial charge in [-0.1, -0.05) is 17.0 Å².